The summed E-state index contributed by atoms with van der Waals surface area (Å²) in [6.07, 6.45) is 3.65. The fraction of sp³-hybridized carbons (Fsp3) is 0.500. The van der Waals surface area contributed by atoms with E-state index in [1.165, 1.54) is 0 Å². The van der Waals surface area contributed by atoms with Gasteiger partial charge in [0.25, 0.3) is 0 Å². The molecule has 1 atom stereocenters. The normalized spacial score (nSPS) is 18.6. The third-order valence-corrected chi connectivity index (χ3v) is 3.48. The van der Waals surface area contributed by atoms with Crippen molar-refractivity contribution in [1.29, 1.82) is 0 Å². The fourth-order valence-electron chi connectivity index (χ4n) is 2.50. The van der Waals surface area contributed by atoms with Crippen LogP contribution < -0.4 is 4.74 Å². The van der Waals surface area contributed by atoms with Crippen molar-refractivity contribution in [3.8, 4) is 5.75 Å². The molecule has 0 amide bonds. The number of ether oxygens (including phenoxy) is 2. The summed E-state index contributed by atoms with van der Waals surface area (Å²) in [5, 5.41) is 0. The monoisotopic (exact) mass is 276 g/mol. The van der Waals surface area contributed by atoms with Crippen LogP contribution >= 0.6 is 0 Å². The minimum atomic E-state index is -0.383. The second-order valence-electron chi connectivity index (χ2n) is 4.93. The quantitative estimate of drug-likeness (QED) is 0.776. The van der Waals surface area contributed by atoms with Gasteiger partial charge in [0.15, 0.2) is 6.61 Å². The van der Waals surface area contributed by atoms with Gasteiger partial charge in [0.2, 0.25) is 0 Å². The average Bonchev–Trinajstić information content (AvgIpc) is 2.46. The number of esters is 1. The number of ketones is 1. The first-order valence-corrected chi connectivity index (χ1v) is 7.12. The van der Waals surface area contributed by atoms with Gasteiger partial charge in [-0.15, -0.1) is 0 Å². The van der Waals surface area contributed by atoms with Gasteiger partial charge in [-0.1, -0.05) is 18.6 Å². The van der Waals surface area contributed by atoms with Crippen molar-refractivity contribution < 1.29 is 19.1 Å². The Kier molecular flexibility index (Phi) is 5.16. The van der Waals surface area contributed by atoms with Gasteiger partial charge in [-0.25, -0.2) is 4.79 Å². The zero-order chi connectivity index (χ0) is 14.4. The summed E-state index contributed by atoms with van der Waals surface area (Å²) >= 11 is 0. The molecule has 0 N–H and O–H groups in total. The van der Waals surface area contributed by atoms with E-state index in [2.05, 4.69) is 0 Å². The first-order chi connectivity index (χ1) is 9.70. The van der Waals surface area contributed by atoms with Crippen molar-refractivity contribution in [1.82, 2.24) is 0 Å². The summed E-state index contributed by atoms with van der Waals surface area (Å²) in [5.74, 6) is 0.509. The number of hydrogen-bond acceptors (Lipinski definition) is 4. The molecule has 1 aromatic carbocycles. The number of benzene rings is 1. The number of Topliss-reactive ketones (excluding diaryl/α,β-unsaturated/α-hetero) is 1. The summed E-state index contributed by atoms with van der Waals surface area (Å²) in [4.78, 5) is 23.2. The molecule has 0 heterocycles. The largest absolute Gasteiger partial charge is 0.482 e. The highest BCUT2D eigenvalue weighted by Gasteiger charge is 2.23. The Morgan fingerprint density at radius 3 is 2.95 bits per heavy atom. The Labute approximate surface area is 119 Å². The number of carbonyl (C=O) groups excluding carboxylic acids is 2. The molecule has 0 spiro atoms. The molecule has 0 aromatic heterocycles. The maximum Gasteiger partial charge on any atom is 0.344 e. The highest BCUT2D eigenvalue weighted by Crippen LogP contribution is 2.31. The molecule has 1 unspecified atom stereocenters. The highest BCUT2D eigenvalue weighted by molar-refractivity contribution is 5.86. The number of rotatable bonds is 5. The summed E-state index contributed by atoms with van der Waals surface area (Å²) in [6, 6.07) is 7.45. The van der Waals surface area contributed by atoms with E-state index >= 15 is 0 Å². The molecule has 1 aromatic rings. The lowest BCUT2D eigenvalue weighted by Gasteiger charge is -2.21. The van der Waals surface area contributed by atoms with Gasteiger partial charge in [-0.3, -0.25) is 4.79 Å². The lowest BCUT2D eigenvalue weighted by Crippen LogP contribution is -2.17. The van der Waals surface area contributed by atoms with E-state index in [1.807, 2.05) is 18.2 Å². The maximum atomic E-state index is 11.9. The average molecular weight is 276 g/mol. The van der Waals surface area contributed by atoms with Crippen molar-refractivity contribution in [2.24, 2.45) is 0 Å². The van der Waals surface area contributed by atoms with Crippen molar-refractivity contribution in [3.63, 3.8) is 0 Å². The summed E-state index contributed by atoms with van der Waals surface area (Å²) in [7, 11) is 0. The standard InChI is InChI=1S/C16H20O4/c1-2-19-16(18)11-20-13-7-5-6-12(10-13)14-8-3-4-9-15(14)17/h5-7,10,14H,2-4,8-9,11H2,1H3. The molecule has 0 bridgehead atoms. The first kappa shape index (κ1) is 14.6. The van der Waals surface area contributed by atoms with Gasteiger partial charge in [-0.05, 0) is 37.5 Å². The van der Waals surface area contributed by atoms with Crippen LogP contribution in [0.2, 0.25) is 0 Å². The van der Waals surface area contributed by atoms with Gasteiger partial charge in [0, 0.05) is 12.3 Å². The Bertz CT molecular complexity index is 481. The van der Waals surface area contributed by atoms with Crippen LogP contribution in [0.5, 0.6) is 5.75 Å². The van der Waals surface area contributed by atoms with Crippen LogP contribution in [-0.4, -0.2) is 25.0 Å². The van der Waals surface area contributed by atoms with Crippen molar-refractivity contribution in [2.75, 3.05) is 13.2 Å². The van der Waals surface area contributed by atoms with Crippen molar-refractivity contribution in [3.05, 3.63) is 29.8 Å². The van der Waals surface area contributed by atoms with E-state index < -0.39 is 0 Å². The Hall–Kier alpha value is -1.84. The van der Waals surface area contributed by atoms with Crippen LogP contribution in [0.4, 0.5) is 0 Å². The number of carbonyl (C=O) groups is 2. The molecule has 4 nitrogen and oxygen atoms in total. The molecular weight excluding hydrogens is 256 g/mol. The summed E-state index contributed by atoms with van der Waals surface area (Å²) in [6.45, 7) is 2.00. The second-order valence-corrected chi connectivity index (χ2v) is 4.93. The van der Waals surface area contributed by atoms with E-state index in [-0.39, 0.29) is 18.5 Å². The van der Waals surface area contributed by atoms with Crippen LogP contribution in [0.3, 0.4) is 0 Å². The molecule has 0 saturated heterocycles. The highest BCUT2D eigenvalue weighted by atomic mass is 16.6. The lowest BCUT2D eigenvalue weighted by atomic mass is 9.83. The SMILES string of the molecule is CCOC(=O)COc1cccc(C2CCCCC2=O)c1. The van der Waals surface area contributed by atoms with Crippen molar-refractivity contribution >= 4 is 11.8 Å². The zero-order valence-electron chi connectivity index (χ0n) is 11.8. The molecule has 1 aliphatic rings. The minimum absolute atomic E-state index is 0.0186. The van der Waals surface area contributed by atoms with Gasteiger partial charge >= 0.3 is 5.97 Å². The molecule has 0 aliphatic heterocycles. The third-order valence-electron chi connectivity index (χ3n) is 3.48. The summed E-state index contributed by atoms with van der Waals surface area (Å²) in [5.41, 5.74) is 0.982. The smallest absolute Gasteiger partial charge is 0.344 e. The van der Waals surface area contributed by atoms with Crippen LogP contribution in [0.15, 0.2) is 24.3 Å². The lowest BCUT2D eigenvalue weighted by molar-refractivity contribution is -0.145. The van der Waals surface area contributed by atoms with Crippen LogP contribution in [0.1, 0.15) is 44.1 Å². The molecule has 1 fully saturated rings. The van der Waals surface area contributed by atoms with Gasteiger partial charge < -0.3 is 9.47 Å². The van der Waals surface area contributed by atoms with E-state index in [4.69, 9.17) is 9.47 Å². The fourth-order valence-corrected chi connectivity index (χ4v) is 2.50. The zero-order valence-corrected chi connectivity index (χ0v) is 11.8. The van der Waals surface area contributed by atoms with E-state index in [0.29, 0.717) is 24.6 Å². The maximum absolute atomic E-state index is 11.9. The predicted molar refractivity (Wildman–Crippen MR) is 74.8 cm³/mol. The topological polar surface area (TPSA) is 52.6 Å². The molecule has 1 saturated carbocycles. The van der Waals surface area contributed by atoms with E-state index in [9.17, 15) is 9.59 Å². The van der Waals surface area contributed by atoms with E-state index in [0.717, 1.165) is 24.8 Å². The van der Waals surface area contributed by atoms with Crippen LogP contribution in [0, 0.1) is 0 Å². The van der Waals surface area contributed by atoms with Crippen LogP contribution in [0.25, 0.3) is 0 Å². The molecule has 0 radical (unpaired) electrons. The second kappa shape index (κ2) is 7.08. The Morgan fingerprint density at radius 2 is 2.20 bits per heavy atom. The summed E-state index contributed by atoms with van der Waals surface area (Å²) < 4.78 is 10.2. The van der Waals surface area contributed by atoms with Gasteiger partial charge in [0.1, 0.15) is 11.5 Å². The molecule has 108 valence electrons. The molecular formula is C16H20O4. The Morgan fingerprint density at radius 1 is 1.35 bits per heavy atom. The molecule has 1 aliphatic carbocycles. The van der Waals surface area contributed by atoms with Crippen LogP contribution in [-0.2, 0) is 14.3 Å². The van der Waals surface area contributed by atoms with E-state index in [1.54, 1.807) is 13.0 Å². The minimum Gasteiger partial charge on any atom is -0.482 e. The molecule has 4 heteroatoms. The predicted octanol–water partition coefficient (Wildman–Crippen LogP) is 2.86. The Balaban J connectivity index is 2.00. The van der Waals surface area contributed by atoms with Gasteiger partial charge in [-0.2, -0.15) is 0 Å². The number of hydrogen-bond donors (Lipinski definition) is 0. The molecule has 2 rings (SSSR count). The van der Waals surface area contributed by atoms with Gasteiger partial charge in [0.05, 0.1) is 6.61 Å². The molecule has 20 heavy (non-hydrogen) atoms. The first-order valence-electron chi connectivity index (χ1n) is 7.12. The van der Waals surface area contributed by atoms with Crippen molar-refractivity contribution in [2.45, 2.75) is 38.5 Å². The third kappa shape index (κ3) is 3.83.